The maximum atomic E-state index is 12.7. The number of hydrogen-bond donors (Lipinski definition) is 1. The molecule has 0 amide bonds. The zero-order valence-electron chi connectivity index (χ0n) is 15.4. The molecule has 1 heterocycles. The smallest absolute Gasteiger partial charge is 0.192 e. The molecule has 0 aromatic heterocycles. The summed E-state index contributed by atoms with van der Waals surface area (Å²) in [5, 5.41) is 11.8. The maximum absolute atomic E-state index is 12.7. The molecule has 140 valence electrons. The van der Waals surface area contributed by atoms with Crippen LogP contribution in [-0.2, 0) is 16.0 Å². The number of aliphatic hydroxyl groups is 1. The number of rotatable bonds is 3. The molecule has 4 heteroatoms. The summed E-state index contributed by atoms with van der Waals surface area (Å²) in [4.78, 5) is 12.7. The highest BCUT2D eigenvalue weighted by Gasteiger charge is 2.45. The first kappa shape index (κ1) is 18.3. The third-order valence-electron chi connectivity index (χ3n) is 5.78. The predicted molar refractivity (Wildman–Crippen MR) is 108 cm³/mol. The van der Waals surface area contributed by atoms with Gasteiger partial charge in [0, 0.05) is 5.02 Å². The normalized spacial score (nSPS) is 19.1. The molecule has 2 aromatic carbocycles. The number of aryl methyl sites for hydroxylation is 1. The number of benzene rings is 2. The van der Waals surface area contributed by atoms with Crippen LogP contribution in [0.4, 0.5) is 0 Å². The van der Waals surface area contributed by atoms with E-state index in [0.29, 0.717) is 10.6 Å². The van der Waals surface area contributed by atoms with E-state index in [9.17, 15) is 9.90 Å². The first-order valence-corrected chi connectivity index (χ1v) is 9.92. The molecule has 0 unspecified atom stereocenters. The highest BCUT2D eigenvalue weighted by molar-refractivity contribution is 6.30. The largest absolute Gasteiger partial charge is 0.508 e. The number of hydrogen-bond acceptors (Lipinski definition) is 3. The highest BCUT2D eigenvalue weighted by Crippen LogP contribution is 2.44. The Morgan fingerprint density at radius 1 is 1.07 bits per heavy atom. The monoisotopic (exact) mass is 382 g/mol. The van der Waals surface area contributed by atoms with Crippen molar-refractivity contribution in [2.45, 2.75) is 44.6 Å². The van der Waals surface area contributed by atoms with Crippen molar-refractivity contribution in [1.29, 1.82) is 0 Å². The molecule has 0 atom stereocenters. The van der Waals surface area contributed by atoms with Gasteiger partial charge in [-0.25, -0.2) is 0 Å². The van der Waals surface area contributed by atoms with Gasteiger partial charge in [-0.2, -0.15) is 0 Å². The molecule has 1 aliphatic heterocycles. The van der Waals surface area contributed by atoms with Gasteiger partial charge >= 0.3 is 0 Å². The summed E-state index contributed by atoms with van der Waals surface area (Å²) < 4.78 is 5.83. The lowest BCUT2D eigenvalue weighted by Gasteiger charge is -2.34. The summed E-state index contributed by atoms with van der Waals surface area (Å²) in [7, 11) is 0. The van der Waals surface area contributed by atoms with E-state index in [2.05, 4.69) is 13.0 Å². The van der Waals surface area contributed by atoms with Gasteiger partial charge in [-0.05, 0) is 72.6 Å². The van der Waals surface area contributed by atoms with Crippen LogP contribution in [0.25, 0.3) is 16.7 Å². The molecule has 2 aromatic rings. The Morgan fingerprint density at radius 2 is 1.74 bits per heavy atom. The molecule has 4 rings (SSSR count). The van der Waals surface area contributed by atoms with Crippen molar-refractivity contribution >= 4 is 23.0 Å². The fourth-order valence-corrected chi connectivity index (χ4v) is 4.37. The lowest BCUT2D eigenvalue weighted by Crippen LogP contribution is -2.39. The van der Waals surface area contributed by atoms with Crippen LogP contribution in [-0.4, -0.2) is 23.1 Å². The topological polar surface area (TPSA) is 46.5 Å². The van der Waals surface area contributed by atoms with Gasteiger partial charge in [-0.3, -0.25) is 4.79 Å². The van der Waals surface area contributed by atoms with E-state index < -0.39 is 5.60 Å². The van der Waals surface area contributed by atoms with Crippen LogP contribution in [0.3, 0.4) is 0 Å². The summed E-state index contributed by atoms with van der Waals surface area (Å²) in [6.45, 7) is 2.10. The Bertz CT molecular complexity index is 906. The van der Waals surface area contributed by atoms with E-state index in [4.69, 9.17) is 16.3 Å². The van der Waals surface area contributed by atoms with Gasteiger partial charge in [0.15, 0.2) is 5.78 Å². The maximum Gasteiger partial charge on any atom is 0.192 e. The van der Waals surface area contributed by atoms with Gasteiger partial charge in [-0.1, -0.05) is 42.8 Å². The zero-order valence-corrected chi connectivity index (χ0v) is 16.2. The number of aliphatic hydroxyl groups excluding tert-OH is 1. The van der Waals surface area contributed by atoms with Crippen molar-refractivity contribution < 1.29 is 14.6 Å². The van der Waals surface area contributed by atoms with Gasteiger partial charge in [0.2, 0.25) is 0 Å². The Balaban J connectivity index is 1.87. The van der Waals surface area contributed by atoms with Crippen molar-refractivity contribution in [3.8, 4) is 11.1 Å². The predicted octanol–water partition coefficient (Wildman–Crippen LogP) is 5.75. The summed E-state index contributed by atoms with van der Waals surface area (Å²) >= 11 is 6.01. The number of ketones is 1. The van der Waals surface area contributed by atoms with Crippen LogP contribution in [0.15, 0.2) is 48.2 Å². The SMILES string of the molecule is CCc1ccc(-c2ccc(Cl)cc2)cc1C1=C(O)C2(CCCC2)OCC1=O. The summed E-state index contributed by atoms with van der Waals surface area (Å²) in [5.41, 5.74) is 3.66. The quantitative estimate of drug-likeness (QED) is 0.735. The van der Waals surface area contributed by atoms with Gasteiger partial charge in [0.1, 0.15) is 18.0 Å². The minimum absolute atomic E-state index is 0.0354. The molecule has 1 saturated carbocycles. The van der Waals surface area contributed by atoms with Crippen molar-refractivity contribution in [3.63, 3.8) is 0 Å². The fourth-order valence-electron chi connectivity index (χ4n) is 4.25. The number of halogens is 1. The van der Waals surface area contributed by atoms with E-state index in [-0.39, 0.29) is 18.1 Å². The first-order valence-electron chi connectivity index (χ1n) is 9.54. The molecular weight excluding hydrogens is 360 g/mol. The van der Waals surface area contributed by atoms with Gasteiger partial charge < -0.3 is 9.84 Å². The molecule has 1 aliphatic carbocycles. The fraction of sp³-hybridized carbons (Fsp3) is 0.348. The Labute approximate surface area is 164 Å². The first-order chi connectivity index (χ1) is 13.0. The van der Waals surface area contributed by atoms with E-state index in [0.717, 1.165) is 54.4 Å². The van der Waals surface area contributed by atoms with Crippen molar-refractivity contribution in [2.75, 3.05) is 6.61 Å². The Morgan fingerprint density at radius 3 is 2.41 bits per heavy atom. The molecule has 1 fully saturated rings. The van der Waals surface area contributed by atoms with Crippen molar-refractivity contribution in [1.82, 2.24) is 0 Å². The number of carbonyl (C=O) groups is 1. The molecule has 0 radical (unpaired) electrons. The lowest BCUT2D eigenvalue weighted by atomic mass is 9.84. The third kappa shape index (κ3) is 3.19. The lowest BCUT2D eigenvalue weighted by molar-refractivity contribution is -0.128. The molecular formula is C23H23ClO3. The highest BCUT2D eigenvalue weighted by atomic mass is 35.5. The van der Waals surface area contributed by atoms with Crippen LogP contribution < -0.4 is 0 Å². The van der Waals surface area contributed by atoms with Gasteiger partial charge in [-0.15, -0.1) is 0 Å². The van der Waals surface area contributed by atoms with E-state index in [1.807, 2.05) is 36.4 Å². The number of Topliss-reactive ketones (excluding diaryl/α,β-unsaturated/α-hetero) is 1. The van der Waals surface area contributed by atoms with Gasteiger partial charge in [0.05, 0.1) is 5.57 Å². The van der Waals surface area contributed by atoms with Crippen LogP contribution in [0.1, 0.15) is 43.7 Å². The Kier molecular flexibility index (Phi) is 4.83. The second-order valence-electron chi connectivity index (χ2n) is 7.37. The van der Waals surface area contributed by atoms with Gasteiger partial charge in [0.25, 0.3) is 0 Å². The summed E-state index contributed by atoms with van der Waals surface area (Å²) in [6, 6.07) is 13.8. The molecule has 3 nitrogen and oxygen atoms in total. The van der Waals surface area contributed by atoms with E-state index >= 15 is 0 Å². The molecule has 1 spiro atoms. The molecule has 27 heavy (non-hydrogen) atoms. The van der Waals surface area contributed by atoms with Crippen LogP contribution >= 0.6 is 11.6 Å². The second kappa shape index (κ2) is 7.14. The summed E-state index contributed by atoms with van der Waals surface area (Å²) in [5.74, 6) is -0.0211. The molecule has 2 aliphatic rings. The minimum atomic E-state index is -0.676. The number of ether oxygens (including phenoxy) is 1. The molecule has 0 saturated heterocycles. The zero-order chi connectivity index (χ0) is 19.0. The summed E-state index contributed by atoms with van der Waals surface area (Å²) in [6.07, 6.45) is 4.35. The van der Waals surface area contributed by atoms with Crippen LogP contribution in [0, 0.1) is 0 Å². The van der Waals surface area contributed by atoms with Crippen LogP contribution in [0.2, 0.25) is 5.02 Å². The van der Waals surface area contributed by atoms with Crippen molar-refractivity contribution in [3.05, 3.63) is 64.4 Å². The van der Waals surface area contributed by atoms with Crippen molar-refractivity contribution in [2.24, 2.45) is 0 Å². The molecule has 0 bridgehead atoms. The van der Waals surface area contributed by atoms with E-state index in [1.165, 1.54) is 0 Å². The second-order valence-corrected chi connectivity index (χ2v) is 7.81. The third-order valence-corrected chi connectivity index (χ3v) is 6.03. The Hall–Kier alpha value is -2.10. The standard InChI is InChI=1S/C23H23ClO3/c1-2-15-5-6-17(16-7-9-18(24)10-8-16)13-19(15)21-20(25)14-27-23(22(21)26)11-3-4-12-23/h5-10,13,26H,2-4,11-12,14H2,1H3. The number of carbonyl (C=O) groups excluding carboxylic acids is 1. The van der Waals surface area contributed by atoms with E-state index in [1.54, 1.807) is 0 Å². The van der Waals surface area contributed by atoms with Crippen LogP contribution in [0.5, 0.6) is 0 Å². The molecule has 1 N–H and O–H groups in total. The average molecular weight is 383 g/mol. The minimum Gasteiger partial charge on any atom is -0.508 e. The average Bonchev–Trinajstić information content (AvgIpc) is 3.16.